The zero-order valence-electron chi connectivity index (χ0n) is 21.2. The normalized spacial score (nSPS) is 17.7. The summed E-state index contributed by atoms with van der Waals surface area (Å²) in [7, 11) is 1.66. The van der Waals surface area contributed by atoms with Gasteiger partial charge in [-0.15, -0.1) is 0 Å². The molecule has 13 nitrogen and oxygen atoms in total. The Labute approximate surface area is 225 Å². The highest BCUT2D eigenvalue weighted by Crippen LogP contribution is 2.38. The number of nitrogens with zero attached hydrogens (tertiary/aromatic N) is 7. The highest BCUT2D eigenvalue weighted by molar-refractivity contribution is 5.85. The van der Waals surface area contributed by atoms with Crippen LogP contribution >= 0.6 is 0 Å². The number of hydrogen-bond acceptors (Lipinski definition) is 10. The Bertz CT molecular complexity index is 1640. The number of aromatic nitrogens is 6. The molecule has 1 saturated heterocycles. The summed E-state index contributed by atoms with van der Waals surface area (Å²) in [6.45, 7) is 1.29. The molecular weight excluding hydrogens is 528 g/mol. The van der Waals surface area contributed by atoms with E-state index >= 15 is 0 Å². The molecule has 1 amide bonds. The number of fused-ring (bicyclic) bond motifs is 2. The summed E-state index contributed by atoms with van der Waals surface area (Å²) >= 11 is 0. The highest BCUT2D eigenvalue weighted by Gasteiger charge is 2.38. The van der Waals surface area contributed by atoms with E-state index in [0.29, 0.717) is 38.1 Å². The van der Waals surface area contributed by atoms with Crippen molar-refractivity contribution in [2.75, 3.05) is 23.8 Å². The van der Waals surface area contributed by atoms with Gasteiger partial charge in [0, 0.05) is 44.8 Å². The summed E-state index contributed by atoms with van der Waals surface area (Å²) in [6.07, 6.45) is 2.55. The molecule has 0 spiro atoms. The third-order valence-corrected chi connectivity index (χ3v) is 6.58. The Morgan fingerprint density at radius 3 is 2.95 bits per heavy atom. The number of anilines is 3. The van der Waals surface area contributed by atoms with Crippen LogP contribution in [0.1, 0.15) is 30.5 Å². The van der Waals surface area contributed by atoms with Gasteiger partial charge in [-0.05, 0) is 12.5 Å². The van der Waals surface area contributed by atoms with E-state index in [1.165, 1.54) is 29.2 Å². The smallest absolute Gasteiger partial charge is 0.413 e. The molecule has 4 aromatic heterocycles. The van der Waals surface area contributed by atoms with E-state index in [9.17, 15) is 18.8 Å². The summed E-state index contributed by atoms with van der Waals surface area (Å²) in [5.74, 6) is -1.86. The van der Waals surface area contributed by atoms with E-state index in [1.807, 2.05) is 0 Å². The fourth-order valence-electron chi connectivity index (χ4n) is 4.65. The van der Waals surface area contributed by atoms with Crippen LogP contribution < -0.4 is 15.4 Å². The fraction of sp³-hybridized carbons (Fsp3) is 0.360. The van der Waals surface area contributed by atoms with Crippen molar-refractivity contribution in [2.45, 2.75) is 37.8 Å². The minimum absolute atomic E-state index is 0.143. The third kappa shape index (κ3) is 4.84. The number of amides is 1. The Morgan fingerprint density at radius 1 is 1.30 bits per heavy atom. The van der Waals surface area contributed by atoms with Crippen LogP contribution in [0.15, 0.2) is 30.6 Å². The second kappa shape index (κ2) is 10.0. The molecule has 206 valence electrons. The number of imidazole rings is 1. The number of carbonyl (C=O) groups excluding carboxylic acids is 1. The maximum absolute atomic E-state index is 14.3. The number of rotatable bonds is 6. The lowest BCUT2D eigenvalue weighted by molar-refractivity contribution is -0.0364. The predicted molar refractivity (Wildman–Crippen MR) is 136 cm³/mol. The molecule has 2 N–H and O–H groups in total. The molecule has 0 bridgehead atoms. The molecule has 6 rings (SSSR count). The van der Waals surface area contributed by atoms with Gasteiger partial charge in [0.2, 0.25) is 5.95 Å². The molecule has 4 aromatic rings. The Kier molecular flexibility index (Phi) is 6.39. The number of aryl methyl sites for hydroxylation is 2. The maximum atomic E-state index is 14.3. The average Bonchev–Trinajstić information content (AvgIpc) is 3.65. The van der Waals surface area contributed by atoms with Crippen molar-refractivity contribution in [1.82, 2.24) is 29.3 Å². The Balaban J connectivity index is 1.23. The first kappa shape index (κ1) is 25.4. The van der Waals surface area contributed by atoms with Crippen molar-refractivity contribution in [2.24, 2.45) is 7.05 Å². The zero-order valence-corrected chi connectivity index (χ0v) is 21.2. The first-order valence-corrected chi connectivity index (χ1v) is 12.5. The molecule has 0 aliphatic carbocycles. The molecule has 0 saturated carbocycles. The average molecular weight is 552 g/mol. The number of hydrogen-bond donors (Lipinski definition) is 2. The van der Waals surface area contributed by atoms with E-state index in [4.69, 9.17) is 14.2 Å². The van der Waals surface area contributed by atoms with Gasteiger partial charge in [-0.1, -0.05) is 0 Å². The molecule has 2 aliphatic heterocycles. The van der Waals surface area contributed by atoms with E-state index in [1.54, 1.807) is 17.7 Å². The number of pyridine rings is 2. The van der Waals surface area contributed by atoms with Gasteiger partial charge in [0.05, 0.1) is 19.4 Å². The van der Waals surface area contributed by atoms with Crippen molar-refractivity contribution in [3.05, 3.63) is 41.9 Å². The molecule has 1 unspecified atom stereocenters. The molecule has 1 fully saturated rings. The minimum atomic E-state index is -2.95. The van der Waals surface area contributed by atoms with Gasteiger partial charge in [-0.3, -0.25) is 10.00 Å². The van der Waals surface area contributed by atoms with Gasteiger partial charge in [-0.2, -0.15) is 24.1 Å². The summed E-state index contributed by atoms with van der Waals surface area (Å²) in [5.41, 5.74) is 0.611. The zero-order chi connectivity index (χ0) is 27.9. The van der Waals surface area contributed by atoms with E-state index < -0.39 is 12.0 Å². The Morgan fingerprint density at radius 2 is 2.17 bits per heavy atom. The molecule has 6 heterocycles. The number of alkyl halides is 2. The summed E-state index contributed by atoms with van der Waals surface area (Å²) < 4.78 is 47.8. The standard InChI is InChI=1S/C25H23F2N9O4/c1-35-21-16(11-28)17(39-14-3-6-29-19(9-14)32-24(37)40-15-4-8-38-13-15)12-30-22(21)33-23(35)31-20-10-18-25(26,27)5-2-7-36(18)34-20/h3,6,9-10,12,15H,2,4-5,7-8,13H2,1H3,(H,29,32,37)(H,30,31,33,34). The summed E-state index contributed by atoms with van der Waals surface area (Å²) in [5, 5.41) is 19.7. The summed E-state index contributed by atoms with van der Waals surface area (Å²) in [6, 6.07) is 6.46. The van der Waals surface area contributed by atoms with Crippen LogP contribution in [0.25, 0.3) is 11.2 Å². The van der Waals surface area contributed by atoms with Crippen LogP contribution in [0, 0.1) is 11.3 Å². The van der Waals surface area contributed by atoms with Crippen molar-refractivity contribution >= 4 is 34.8 Å². The van der Waals surface area contributed by atoms with Gasteiger partial charge in [0.25, 0.3) is 5.92 Å². The lowest BCUT2D eigenvalue weighted by Crippen LogP contribution is -2.25. The van der Waals surface area contributed by atoms with Gasteiger partial charge >= 0.3 is 6.09 Å². The number of nitrogens with one attached hydrogen (secondary N) is 2. The van der Waals surface area contributed by atoms with Crippen molar-refractivity contribution in [1.29, 1.82) is 5.26 Å². The largest absolute Gasteiger partial charge is 0.454 e. The van der Waals surface area contributed by atoms with Crippen LogP contribution in [-0.4, -0.2) is 54.7 Å². The van der Waals surface area contributed by atoms with Crippen molar-refractivity contribution < 1.29 is 27.8 Å². The molecule has 0 aromatic carbocycles. The van der Waals surface area contributed by atoms with Crippen molar-refractivity contribution in [3.63, 3.8) is 0 Å². The second-order valence-electron chi connectivity index (χ2n) is 9.34. The number of ether oxygens (including phenoxy) is 3. The summed E-state index contributed by atoms with van der Waals surface area (Å²) in [4.78, 5) is 25.0. The molecule has 2 aliphatic rings. The van der Waals surface area contributed by atoms with E-state index in [0.717, 1.165) is 0 Å². The van der Waals surface area contributed by atoms with Crippen molar-refractivity contribution in [3.8, 4) is 17.6 Å². The van der Waals surface area contributed by atoms with Crippen LogP contribution in [0.3, 0.4) is 0 Å². The number of halogens is 2. The monoisotopic (exact) mass is 551 g/mol. The van der Waals surface area contributed by atoms with Gasteiger partial charge in [-0.25, -0.2) is 14.8 Å². The topological polar surface area (TPSA) is 154 Å². The van der Waals surface area contributed by atoms with Gasteiger partial charge in [0.1, 0.15) is 40.5 Å². The number of carbonyl (C=O) groups is 1. The molecular formula is C25H23F2N9O4. The SMILES string of the molecule is Cn1c(Nc2cc3n(n2)CCCC3(F)F)nc2ncc(Oc3ccnc(NC(=O)OC4CCOC4)c3)c(C#N)c21. The quantitative estimate of drug-likeness (QED) is 0.356. The fourth-order valence-corrected chi connectivity index (χ4v) is 4.65. The molecule has 0 radical (unpaired) electrons. The second-order valence-corrected chi connectivity index (χ2v) is 9.34. The minimum Gasteiger partial charge on any atom is -0.454 e. The lowest BCUT2D eigenvalue weighted by Gasteiger charge is -2.22. The predicted octanol–water partition coefficient (Wildman–Crippen LogP) is 4.19. The highest BCUT2D eigenvalue weighted by atomic mass is 19.3. The maximum Gasteiger partial charge on any atom is 0.413 e. The first-order chi connectivity index (χ1) is 19.3. The molecule has 15 heteroatoms. The third-order valence-electron chi connectivity index (χ3n) is 6.58. The van der Waals surface area contributed by atoms with Crippen LogP contribution in [0.4, 0.5) is 31.2 Å². The Hall–Kier alpha value is -4.84. The van der Waals surface area contributed by atoms with E-state index in [2.05, 4.69) is 36.8 Å². The van der Waals surface area contributed by atoms with Gasteiger partial charge < -0.3 is 24.1 Å². The molecule has 1 atom stereocenters. The van der Waals surface area contributed by atoms with Crippen LogP contribution in [-0.2, 0) is 29.0 Å². The van der Waals surface area contributed by atoms with Gasteiger partial charge in [0.15, 0.2) is 17.2 Å². The lowest BCUT2D eigenvalue weighted by atomic mass is 10.1. The van der Waals surface area contributed by atoms with Crippen LogP contribution in [0.2, 0.25) is 0 Å². The van der Waals surface area contributed by atoms with Crippen LogP contribution in [0.5, 0.6) is 11.5 Å². The first-order valence-electron chi connectivity index (χ1n) is 12.5. The molecule has 40 heavy (non-hydrogen) atoms. The number of nitriles is 1. The van der Waals surface area contributed by atoms with E-state index in [-0.39, 0.29) is 58.5 Å².